The van der Waals surface area contributed by atoms with Gasteiger partial charge >= 0.3 is 0 Å². The Balaban J connectivity index is 1.50. The molecule has 4 aromatic rings. The second-order valence-corrected chi connectivity index (χ2v) is 8.86. The van der Waals surface area contributed by atoms with E-state index in [1.807, 2.05) is 44.2 Å². The van der Waals surface area contributed by atoms with Crippen molar-refractivity contribution in [1.29, 1.82) is 0 Å². The Morgan fingerprint density at radius 2 is 1.94 bits per heavy atom. The molecule has 3 N–H and O–H groups in total. The van der Waals surface area contributed by atoms with E-state index >= 15 is 0 Å². The van der Waals surface area contributed by atoms with E-state index < -0.39 is 11.8 Å². The van der Waals surface area contributed by atoms with Crippen molar-refractivity contribution in [1.82, 2.24) is 9.78 Å². The average molecular weight is 469 g/mol. The summed E-state index contributed by atoms with van der Waals surface area (Å²) >= 11 is 7.51. The van der Waals surface area contributed by atoms with Crippen LogP contribution in [0.15, 0.2) is 52.9 Å². The predicted octanol–water partition coefficient (Wildman–Crippen LogP) is 4.80. The zero-order valence-electron chi connectivity index (χ0n) is 17.5. The van der Waals surface area contributed by atoms with Gasteiger partial charge in [0.05, 0.1) is 28.5 Å². The first-order valence-electron chi connectivity index (χ1n) is 9.88. The number of amides is 2. The van der Waals surface area contributed by atoms with Gasteiger partial charge in [-0.25, -0.2) is 0 Å². The largest absolute Gasteiger partial charge is 0.454 e. The molecule has 0 spiro atoms. The van der Waals surface area contributed by atoms with Crippen LogP contribution in [0.4, 0.5) is 5.00 Å². The van der Waals surface area contributed by atoms with Crippen LogP contribution in [0.5, 0.6) is 0 Å². The van der Waals surface area contributed by atoms with Crippen LogP contribution >= 0.6 is 22.9 Å². The SMILES string of the molecule is Cc1nn(Cc2ccc(C(=O)Nc3sc(Cc4ccccc4)cc3C(N)=O)o2)c(C)c1Cl. The molecule has 0 aliphatic carbocycles. The molecule has 32 heavy (non-hydrogen) atoms. The fourth-order valence-electron chi connectivity index (χ4n) is 3.33. The molecule has 0 saturated carbocycles. The minimum atomic E-state index is -0.600. The fourth-order valence-corrected chi connectivity index (χ4v) is 4.55. The fraction of sp³-hybridized carbons (Fsp3) is 0.174. The van der Waals surface area contributed by atoms with Gasteiger partial charge in [-0.1, -0.05) is 41.9 Å². The Morgan fingerprint density at radius 3 is 2.59 bits per heavy atom. The number of nitrogens with zero attached hydrogens (tertiary/aromatic N) is 2. The summed E-state index contributed by atoms with van der Waals surface area (Å²) in [6, 6.07) is 14.9. The minimum Gasteiger partial charge on any atom is -0.454 e. The van der Waals surface area contributed by atoms with Crippen molar-refractivity contribution in [3.8, 4) is 0 Å². The van der Waals surface area contributed by atoms with E-state index in [9.17, 15) is 9.59 Å². The molecule has 1 aromatic carbocycles. The first-order chi connectivity index (χ1) is 15.3. The van der Waals surface area contributed by atoms with E-state index in [0.717, 1.165) is 21.8 Å². The molecule has 3 heterocycles. The number of rotatable bonds is 7. The molecule has 3 aromatic heterocycles. The number of hydrogen-bond acceptors (Lipinski definition) is 5. The van der Waals surface area contributed by atoms with Crippen molar-refractivity contribution in [2.75, 3.05) is 5.32 Å². The summed E-state index contributed by atoms with van der Waals surface area (Å²) in [5, 5.41) is 8.14. The molecule has 0 aliphatic heterocycles. The lowest BCUT2D eigenvalue weighted by Gasteiger charge is -2.03. The molecule has 0 radical (unpaired) electrons. The second-order valence-electron chi connectivity index (χ2n) is 7.34. The number of hydrogen-bond donors (Lipinski definition) is 2. The number of carbonyl (C=O) groups is 2. The molecule has 0 bridgehead atoms. The topological polar surface area (TPSA) is 103 Å². The predicted molar refractivity (Wildman–Crippen MR) is 125 cm³/mol. The van der Waals surface area contributed by atoms with Gasteiger partial charge < -0.3 is 15.5 Å². The molecule has 0 aliphatic rings. The number of nitrogens with one attached hydrogen (secondary N) is 1. The molecular weight excluding hydrogens is 448 g/mol. The molecule has 0 atom stereocenters. The van der Waals surface area contributed by atoms with Crippen molar-refractivity contribution in [2.24, 2.45) is 5.73 Å². The van der Waals surface area contributed by atoms with Crippen LogP contribution in [0.25, 0.3) is 0 Å². The monoisotopic (exact) mass is 468 g/mol. The molecular formula is C23H21ClN4O3S. The first kappa shape index (κ1) is 21.9. The Hall–Kier alpha value is -3.36. The number of halogens is 1. The maximum absolute atomic E-state index is 12.8. The summed E-state index contributed by atoms with van der Waals surface area (Å²) in [4.78, 5) is 25.6. The molecule has 2 amide bonds. The highest BCUT2D eigenvalue weighted by Crippen LogP contribution is 2.30. The van der Waals surface area contributed by atoms with Gasteiger partial charge in [-0.05, 0) is 37.6 Å². The van der Waals surface area contributed by atoms with Gasteiger partial charge in [-0.15, -0.1) is 11.3 Å². The second kappa shape index (κ2) is 9.02. The number of aryl methyl sites for hydroxylation is 1. The summed E-state index contributed by atoms with van der Waals surface area (Å²) < 4.78 is 7.42. The van der Waals surface area contributed by atoms with E-state index in [0.29, 0.717) is 28.7 Å². The van der Waals surface area contributed by atoms with E-state index in [4.69, 9.17) is 21.8 Å². The normalized spacial score (nSPS) is 11.0. The summed E-state index contributed by atoms with van der Waals surface area (Å²) in [5.41, 5.74) is 8.46. The zero-order chi connectivity index (χ0) is 22.8. The van der Waals surface area contributed by atoms with Gasteiger partial charge in [-0.2, -0.15) is 5.10 Å². The Labute approximate surface area is 193 Å². The average Bonchev–Trinajstić information content (AvgIpc) is 3.45. The minimum absolute atomic E-state index is 0.126. The highest BCUT2D eigenvalue weighted by molar-refractivity contribution is 7.16. The van der Waals surface area contributed by atoms with Crippen molar-refractivity contribution >= 4 is 39.8 Å². The number of aromatic nitrogens is 2. The van der Waals surface area contributed by atoms with Crippen molar-refractivity contribution in [3.05, 3.63) is 92.5 Å². The number of anilines is 1. The van der Waals surface area contributed by atoms with Crippen molar-refractivity contribution in [2.45, 2.75) is 26.8 Å². The number of benzene rings is 1. The van der Waals surface area contributed by atoms with Gasteiger partial charge in [-0.3, -0.25) is 14.3 Å². The van der Waals surface area contributed by atoms with E-state index in [-0.39, 0.29) is 11.3 Å². The van der Waals surface area contributed by atoms with E-state index in [1.165, 1.54) is 11.3 Å². The maximum atomic E-state index is 12.8. The summed E-state index contributed by atoms with van der Waals surface area (Å²) in [6.45, 7) is 4.05. The van der Waals surface area contributed by atoms with Crippen LogP contribution in [0, 0.1) is 13.8 Å². The molecule has 7 nitrogen and oxygen atoms in total. The Kier molecular flexibility index (Phi) is 6.16. The summed E-state index contributed by atoms with van der Waals surface area (Å²) in [5.74, 6) is -0.375. The van der Waals surface area contributed by atoms with Crippen LogP contribution in [-0.4, -0.2) is 21.6 Å². The van der Waals surface area contributed by atoms with Crippen LogP contribution < -0.4 is 11.1 Å². The number of nitrogens with two attached hydrogens (primary N) is 1. The third kappa shape index (κ3) is 4.61. The van der Waals surface area contributed by atoms with E-state index in [1.54, 1.807) is 22.9 Å². The summed E-state index contributed by atoms with van der Waals surface area (Å²) in [7, 11) is 0. The number of primary amides is 1. The van der Waals surface area contributed by atoms with Crippen LogP contribution in [0.1, 0.15) is 48.5 Å². The number of carbonyl (C=O) groups excluding carboxylic acids is 2. The lowest BCUT2D eigenvalue weighted by molar-refractivity contribution is 0.0995. The first-order valence-corrected chi connectivity index (χ1v) is 11.1. The smallest absolute Gasteiger partial charge is 0.291 e. The number of thiophene rings is 1. The van der Waals surface area contributed by atoms with E-state index in [2.05, 4.69) is 10.4 Å². The molecule has 0 unspecified atom stereocenters. The zero-order valence-corrected chi connectivity index (χ0v) is 19.1. The third-order valence-corrected chi connectivity index (χ3v) is 6.58. The van der Waals surface area contributed by atoms with Gasteiger partial charge in [0.15, 0.2) is 5.76 Å². The molecule has 0 saturated heterocycles. The lowest BCUT2D eigenvalue weighted by atomic mass is 10.1. The summed E-state index contributed by atoms with van der Waals surface area (Å²) in [6.07, 6.45) is 0.637. The lowest BCUT2D eigenvalue weighted by Crippen LogP contribution is -2.16. The molecule has 4 rings (SSSR count). The third-order valence-electron chi connectivity index (χ3n) is 4.98. The molecule has 9 heteroatoms. The Morgan fingerprint density at radius 1 is 1.19 bits per heavy atom. The van der Waals surface area contributed by atoms with Crippen molar-refractivity contribution in [3.63, 3.8) is 0 Å². The van der Waals surface area contributed by atoms with Crippen LogP contribution in [-0.2, 0) is 13.0 Å². The van der Waals surface area contributed by atoms with Gasteiger partial charge in [0.2, 0.25) is 0 Å². The molecule has 164 valence electrons. The van der Waals surface area contributed by atoms with Crippen LogP contribution in [0.3, 0.4) is 0 Å². The van der Waals surface area contributed by atoms with Gasteiger partial charge in [0.25, 0.3) is 11.8 Å². The quantitative estimate of drug-likeness (QED) is 0.406. The Bertz CT molecular complexity index is 1290. The van der Waals surface area contributed by atoms with Crippen LogP contribution in [0.2, 0.25) is 5.02 Å². The van der Waals surface area contributed by atoms with Crippen molar-refractivity contribution < 1.29 is 14.0 Å². The molecule has 0 fully saturated rings. The highest BCUT2D eigenvalue weighted by Gasteiger charge is 2.19. The highest BCUT2D eigenvalue weighted by atomic mass is 35.5. The van der Waals surface area contributed by atoms with Gasteiger partial charge in [0.1, 0.15) is 10.8 Å². The standard InChI is InChI=1S/C23H21ClN4O3S/c1-13-20(24)14(2)28(27-13)12-16-8-9-19(31-16)22(30)26-23-18(21(25)29)11-17(32-23)10-15-6-4-3-5-7-15/h3-9,11H,10,12H2,1-2H3,(H2,25,29)(H,26,30). The number of furan rings is 1. The maximum Gasteiger partial charge on any atom is 0.291 e. The van der Waals surface area contributed by atoms with Gasteiger partial charge in [0, 0.05) is 11.3 Å².